The quantitative estimate of drug-likeness (QED) is 0.152. The van der Waals surface area contributed by atoms with Crippen LogP contribution in [0.5, 0.6) is 0 Å². The zero-order valence-electron chi connectivity index (χ0n) is 40.7. The second kappa shape index (κ2) is 17.3. The van der Waals surface area contributed by atoms with Crippen LogP contribution in [0, 0.1) is 0 Å². The number of benzene rings is 11. The van der Waals surface area contributed by atoms with Crippen LogP contribution in [0.2, 0.25) is 0 Å². The van der Waals surface area contributed by atoms with Crippen LogP contribution in [0.3, 0.4) is 0 Å². The molecule has 0 bridgehead atoms. The smallest absolute Gasteiger partial charge is 0.160 e. The average Bonchev–Trinajstić information content (AvgIpc) is 4.28. The highest BCUT2D eigenvalue weighted by atomic mass is 15.0. The first-order valence-corrected chi connectivity index (χ1v) is 25.6. The van der Waals surface area contributed by atoms with Gasteiger partial charge in [-0.25, -0.2) is 9.97 Å². The molecule has 75 heavy (non-hydrogen) atoms. The molecule has 5 heteroatoms. The summed E-state index contributed by atoms with van der Waals surface area (Å²) < 4.78 is 7.51. The zero-order valence-corrected chi connectivity index (χ0v) is 40.7. The monoisotopic (exact) mass is 955 g/mol. The molecule has 0 saturated carbocycles. The summed E-state index contributed by atoms with van der Waals surface area (Å²) in [6, 6.07) is 98.2. The largest absolute Gasteiger partial charge is 0.309 e. The topological polar surface area (TPSA) is 40.6 Å². The third kappa shape index (κ3) is 6.79. The summed E-state index contributed by atoms with van der Waals surface area (Å²) in [5.41, 5.74) is 19.4. The molecule has 5 nitrogen and oxygen atoms in total. The van der Waals surface area contributed by atoms with Gasteiger partial charge in [0.25, 0.3) is 0 Å². The van der Waals surface area contributed by atoms with Crippen LogP contribution in [0.4, 0.5) is 0 Å². The molecule has 0 unspecified atom stereocenters. The number of para-hydroxylation sites is 4. The summed E-state index contributed by atoms with van der Waals surface area (Å²) >= 11 is 0. The van der Waals surface area contributed by atoms with Crippen LogP contribution in [0.1, 0.15) is 0 Å². The molecule has 0 atom stereocenters. The van der Waals surface area contributed by atoms with E-state index in [0.29, 0.717) is 5.82 Å². The van der Waals surface area contributed by atoms with E-state index in [4.69, 9.17) is 9.97 Å². The van der Waals surface area contributed by atoms with Crippen molar-refractivity contribution in [3.05, 3.63) is 273 Å². The van der Waals surface area contributed by atoms with E-state index in [1.54, 1.807) is 0 Å². The van der Waals surface area contributed by atoms with Gasteiger partial charge in [0.15, 0.2) is 5.82 Å². The van der Waals surface area contributed by atoms with Crippen LogP contribution in [-0.2, 0) is 0 Å². The Hall–Kier alpha value is -10.1. The van der Waals surface area contributed by atoms with E-state index >= 15 is 0 Å². The lowest BCUT2D eigenvalue weighted by atomic mass is 9.91. The minimum absolute atomic E-state index is 0.681. The molecule has 0 N–H and O–H groups in total. The Morgan fingerprint density at radius 3 is 1.15 bits per heavy atom. The molecule has 11 aromatic carbocycles. The first kappa shape index (κ1) is 42.6. The van der Waals surface area contributed by atoms with Gasteiger partial charge in [-0.05, 0) is 77.9 Å². The number of hydrogen-bond donors (Lipinski definition) is 0. The summed E-state index contributed by atoms with van der Waals surface area (Å²) in [5, 5.41) is 7.24. The Morgan fingerprint density at radius 1 is 0.253 bits per heavy atom. The van der Waals surface area contributed by atoms with E-state index in [1.165, 1.54) is 54.4 Å². The standard InChI is InChI=1S/C70H45N5/c1-7-23-46(24-8-1)57-43-50(60-45-59(48-27-11-3-12-28-48)71-70(72-60)49-29-13-4-14-30-49)44-58(47-25-9-2-10-26-47)67(57)75-62-38-22-20-36-56(62)66-64(75)42-40-54-53-39-41-63-65(68(53)74(69(54)66)52-33-17-6-18-34-52)55-35-19-21-37-61(55)73(63)51-31-15-5-16-32-51/h1-45H. The van der Waals surface area contributed by atoms with E-state index in [9.17, 15) is 0 Å². The molecule has 15 aromatic rings. The summed E-state index contributed by atoms with van der Waals surface area (Å²) in [4.78, 5) is 10.6. The lowest BCUT2D eigenvalue weighted by Gasteiger charge is -2.21. The maximum Gasteiger partial charge on any atom is 0.160 e. The third-order valence-electron chi connectivity index (χ3n) is 15.0. The Morgan fingerprint density at radius 2 is 0.640 bits per heavy atom. The maximum atomic E-state index is 5.39. The Balaban J connectivity index is 1.08. The van der Waals surface area contributed by atoms with Crippen LogP contribution >= 0.6 is 0 Å². The van der Waals surface area contributed by atoms with Crippen LogP contribution in [0.15, 0.2) is 273 Å². The van der Waals surface area contributed by atoms with E-state index in [2.05, 4.69) is 262 Å². The van der Waals surface area contributed by atoms with Gasteiger partial charge in [-0.3, -0.25) is 0 Å². The van der Waals surface area contributed by atoms with E-state index in [0.717, 1.165) is 78.4 Å². The third-order valence-corrected chi connectivity index (χ3v) is 15.0. The summed E-state index contributed by atoms with van der Waals surface area (Å²) in [5.74, 6) is 0.681. The Labute approximate surface area is 433 Å². The molecule has 0 aliphatic heterocycles. The minimum atomic E-state index is 0.681. The van der Waals surface area contributed by atoms with Gasteiger partial charge in [0.2, 0.25) is 0 Å². The fraction of sp³-hybridized carbons (Fsp3) is 0. The maximum absolute atomic E-state index is 5.39. The summed E-state index contributed by atoms with van der Waals surface area (Å²) in [6.45, 7) is 0. The molecule has 0 radical (unpaired) electrons. The average molecular weight is 956 g/mol. The van der Waals surface area contributed by atoms with Crippen molar-refractivity contribution < 1.29 is 0 Å². The predicted molar refractivity (Wildman–Crippen MR) is 312 cm³/mol. The van der Waals surface area contributed by atoms with Crippen molar-refractivity contribution in [3.63, 3.8) is 0 Å². The molecule has 0 spiro atoms. The first-order chi connectivity index (χ1) is 37.2. The number of fused-ring (bicyclic) bond motifs is 11. The van der Waals surface area contributed by atoms with Gasteiger partial charge >= 0.3 is 0 Å². The zero-order chi connectivity index (χ0) is 49.4. The molecular formula is C70H45N5. The van der Waals surface area contributed by atoms with Crippen molar-refractivity contribution in [1.29, 1.82) is 0 Å². The molecule has 15 rings (SSSR count). The molecule has 0 fully saturated rings. The molecule has 0 aliphatic carbocycles. The van der Waals surface area contributed by atoms with Gasteiger partial charge in [0.1, 0.15) is 0 Å². The van der Waals surface area contributed by atoms with Crippen molar-refractivity contribution in [2.45, 2.75) is 0 Å². The number of hydrogen-bond acceptors (Lipinski definition) is 2. The Bertz CT molecular complexity index is 4540. The fourth-order valence-corrected chi connectivity index (χ4v) is 11.8. The van der Waals surface area contributed by atoms with Crippen LogP contribution in [0.25, 0.3) is 139 Å². The molecule has 0 aliphatic rings. The van der Waals surface area contributed by atoms with Crippen molar-refractivity contribution in [1.82, 2.24) is 23.7 Å². The van der Waals surface area contributed by atoms with Gasteiger partial charge in [-0.2, -0.15) is 0 Å². The fourth-order valence-electron chi connectivity index (χ4n) is 11.8. The SMILES string of the molecule is c1ccc(-c2cc(-c3cc(-c4ccccc4)c(-n4c5ccccc5c5c4ccc4c6ccc7c(c8ccccc8n7-c7ccccc7)c6n(-c6ccccc6)c45)c(-c4ccccc4)c3)nc(-c3ccccc3)n2)cc1. The summed E-state index contributed by atoms with van der Waals surface area (Å²) in [7, 11) is 0. The van der Waals surface area contributed by atoms with Gasteiger partial charge in [0.05, 0.1) is 50.2 Å². The van der Waals surface area contributed by atoms with E-state index < -0.39 is 0 Å². The van der Waals surface area contributed by atoms with E-state index in [-0.39, 0.29) is 0 Å². The normalized spacial score (nSPS) is 11.7. The highest BCUT2D eigenvalue weighted by molar-refractivity contribution is 6.31. The second-order valence-corrected chi connectivity index (χ2v) is 19.3. The molecular weight excluding hydrogens is 911 g/mol. The van der Waals surface area contributed by atoms with Crippen molar-refractivity contribution in [2.75, 3.05) is 0 Å². The lowest BCUT2D eigenvalue weighted by molar-refractivity contribution is 1.17. The van der Waals surface area contributed by atoms with Crippen molar-refractivity contribution in [3.8, 4) is 73.2 Å². The van der Waals surface area contributed by atoms with Gasteiger partial charge in [0, 0.05) is 71.5 Å². The number of aromatic nitrogens is 5. The minimum Gasteiger partial charge on any atom is -0.309 e. The molecule has 0 amide bonds. The number of nitrogens with zero attached hydrogens (tertiary/aromatic N) is 5. The molecule has 350 valence electrons. The van der Waals surface area contributed by atoms with Crippen LogP contribution in [-0.4, -0.2) is 23.7 Å². The Kier molecular flexibility index (Phi) is 9.82. The second-order valence-electron chi connectivity index (χ2n) is 19.3. The molecule has 4 heterocycles. The molecule has 0 saturated heterocycles. The van der Waals surface area contributed by atoms with Gasteiger partial charge < -0.3 is 13.7 Å². The summed E-state index contributed by atoms with van der Waals surface area (Å²) in [6.07, 6.45) is 0. The first-order valence-electron chi connectivity index (χ1n) is 25.6. The van der Waals surface area contributed by atoms with Gasteiger partial charge in [-0.15, -0.1) is 0 Å². The van der Waals surface area contributed by atoms with Crippen molar-refractivity contribution >= 4 is 65.4 Å². The predicted octanol–water partition coefficient (Wildman–Crippen LogP) is 18.1. The highest BCUT2D eigenvalue weighted by Crippen LogP contribution is 2.49. The molecule has 4 aromatic heterocycles. The number of rotatable bonds is 8. The van der Waals surface area contributed by atoms with E-state index in [1.807, 2.05) is 24.3 Å². The van der Waals surface area contributed by atoms with Crippen molar-refractivity contribution in [2.24, 2.45) is 0 Å². The van der Waals surface area contributed by atoms with Gasteiger partial charge in [-0.1, -0.05) is 206 Å². The van der Waals surface area contributed by atoms with Crippen LogP contribution < -0.4 is 0 Å². The highest BCUT2D eigenvalue weighted by Gasteiger charge is 2.27. The lowest BCUT2D eigenvalue weighted by Crippen LogP contribution is -2.03.